The summed E-state index contributed by atoms with van der Waals surface area (Å²) in [5.41, 5.74) is 0.139. The van der Waals surface area contributed by atoms with Crippen molar-refractivity contribution in [2.24, 2.45) is 5.92 Å². The van der Waals surface area contributed by atoms with E-state index in [0.717, 1.165) is 37.0 Å². The Morgan fingerprint density at radius 3 is 2.17 bits per heavy atom. The number of carbonyl (C=O) groups is 4. The largest absolute Gasteiger partial charge is 0.465 e. The molecule has 1 aromatic rings. The van der Waals surface area contributed by atoms with Crippen molar-refractivity contribution < 1.29 is 23.9 Å². The Morgan fingerprint density at radius 1 is 1.03 bits per heavy atom. The van der Waals surface area contributed by atoms with Gasteiger partial charge in [-0.3, -0.25) is 14.4 Å². The first-order chi connectivity index (χ1) is 14.1. The molecule has 1 saturated carbocycles. The van der Waals surface area contributed by atoms with E-state index in [2.05, 4.69) is 4.74 Å². The van der Waals surface area contributed by atoms with Gasteiger partial charge in [-0.05, 0) is 57.9 Å². The van der Waals surface area contributed by atoms with E-state index >= 15 is 0 Å². The predicted molar refractivity (Wildman–Crippen MR) is 112 cm³/mol. The molecule has 0 bridgehead atoms. The zero-order valence-electron chi connectivity index (χ0n) is 18.1. The Hall–Kier alpha value is -2.70. The maximum atomic E-state index is 13.4. The third kappa shape index (κ3) is 4.25. The van der Waals surface area contributed by atoms with Crippen LogP contribution in [0.2, 0.25) is 0 Å². The number of benzene rings is 1. The fourth-order valence-electron chi connectivity index (χ4n) is 4.45. The SMILES string of the molecule is COC(=O)c1ccc(N2C(=O)CC(N(C(=O)C3CCCCC3)C(C)(C)C)C2=O)cc1. The van der Waals surface area contributed by atoms with Gasteiger partial charge < -0.3 is 9.64 Å². The summed E-state index contributed by atoms with van der Waals surface area (Å²) < 4.78 is 4.68. The number of hydrogen-bond donors (Lipinski definition) is 0. The summed E-state index contributed by atoms with van der Waals surface area (Å²) in [4.78, 5) is 53.8. The first-order valence-electron chi connectivity index (χ1n) is 10.5. The van der Waals surface area contributed by atoms with E-state index in [4.69, 9.17) is 0 Å². The average Bonchev–Trinajstić information content (AvgIpc) is 3.00. The molecule has 2 fully saturated rings. The van der Waals surface area contributed by atoms with Crippen LogP contribution in [0, 0.1) is 5.92 Å². The molecule has 1 aromatic carbocycles. The van der Waals surface area contributed by atoms with Crippen LogP contribution in [0.1, 0.15) is 69.7 Å². The second kappa shape index (κ2) is 8.58. The van der Waals surface area contributed by atoms with Gasteiger partial charge in [-0.15, -0.1) is 0 Å². The van der Waals surface area contributed by atoms with Crippen LogP contribution in [0.25, 0.3) is 0 Å². The quantitative estimate of drug-likeness (QED) is 0.557. The maximum absolute atomic E-state index is 13.4. The zero-order chi connectivity index (χ0) is 22.1. The van der Waals surface area contributed by atoms with Crippen molar-refractivity contribution in [1.82, 2.24) is 4.90 Å². The van der Waals surface area contributed by atoms with E-state index in [1.54, 1.807) is 17.0 Å². The number of nitrogens with zero attached hydrogens (tertiary/aromatic N) is 2. The highest BCUT2D eigenvalue weighted by Gasteiger charge is 2.48. The number of methoxy groups -OCH3 is 1. The molecule has 0 radical (unpaired) electrons. The van der Waals surface area contributed by atoms with Crippen molar-refractivity contribution in [2.75, 3.05) is 12.0 Å². The summed E-state index contributed by atoms with van der Waals surface area (Å²) in [6, 6.07) is 5.32. The standard InChI is InChI=1S/C23H30N2O5/c1-23(2,3)25(20(27)15-8-6-5-7-9-15)18-14-19(26)24(21(18)28)17-12-10-16(11-13-17)22(29)30-4/h10-13,15,18H,5-9,14H2,1-4H3. The Bertz CT molecular complexity index is 834. The van der Waals surface area contributed by atoms with Gasteiger partial charge in [-0.1, -0.05) is 19.3 Å². The third-order valence-electron chi connectivity index (χ3n) is 5.90. The molecule has 0 N–H and O–H groups in total. The maximum Gasteiger partial charge on any atom is 0.337 e. The minimum Gasteiger partial charge on any atom is -0.465 e. The minimum absolute atomic E-state index is 0.0313. The minimum atomic E-state index is -0.813. The number of hydrogen-bond acceptors (Lipinski definition) is 5. The van der Waals surface area contributed by atoms with Gasteiger partial charge in [-0.25, -0.2) is 9.69 Å². The molecule has 7 nitrogen and oxygen atoms in total. The second-order valence-electron chi connectivity index (χ2n) is 9.04. The summed E-state index contributed by atoms with van der Waals surface area (Å²) >= 11 is 0. The van der Waals surface area contributed by atoms with Gasteiger partial charge in [0, 0.05) is 11.5 Å². The monoisotopic (exact) mass is 414 g/mol. The first kappa shape index (κ1) is 22.0. The number of amides is 3. The van der Waals surface area contributed by atoms with Crippen LogP contribution in [0.4, 0.5) is 5.69 Å². The topological polar surface area (TPSA) is 84.0 Å². The van der Waals surface area contributed by atoms with E-state index in [1.165, 1.54) is 19.2 Å². The molecule has 1 aliphatic heterocycles. The molecule has 2 aliphatic rings. The molecule has 1 atom stereocenters. The van der Waals surface area contributed by atoms with Crippen LogP contribution < -0.4 is 4.90 Å². The summed E-state index contributed by atoms with van der Waals surface area (Å²) in [6.45, 7) is 5.71. The van der Waals surface area contributed by atoms with E-state index in [9.17, 15) is 19.2 Å². The summed E-state index contributed by atoms with van der Waals surface area (Å²) in [5.74, 6) is -1.35. The molecular weight excluding hydrogens is 384 g/mol. The van der Waals surface area contributed by atoms with Crippen LogP contribution in [-0.4, -0.2) is 47.3 Å². The van der Waals surface area contributed by atoms with Crippen LogP contribution >= 0.6 is 0 Å². The molecule has 1 saturated heterocycles. The molecule has 3 rings (SSSR count). The van der Waals surface area contributed by atoms with Crippen LogP contribution in [-0.2, 0) is 19.1 Å². The van der Waals surface area contributed by atoms with Gasteiger partial charge in [-0.2, -0.15) is 0 Å². The van der Waals surface area contributed by atoms with Gasteiger partial charge in [0.15, 0.2) is 0 Å². The van der Waals surface area contributed by atoms with Crippen molar-refractivity contribution >= 4 is 29.4 Å². The molecular formula is C23H30N2O5. The van der Waals surface area contributed by atoms with Crippen molar-refractivity contribution in [2.45, 2.75) is 70.9 Å². The lowest BCUT2D eigenvalue weighted by Crippen LogP contribution is -2.56. The van der Waals surface area contributed by atoms with Gasteiger partial charge >= 0.3 is 5.97 Å². The van der Waals surface area contributed by atoms with Gasteiger partial charge in [0.2, 0.25) is 11.8 Å². The highest BCUT2D eigenvalue weighted by molar-refractivity contribution is 6.23. The Balaban J connectivity index is 1.86. The van der Waals surface area contributed by atoms with E-state index < -0.39 is 23.5 Å². The normalized spacial score (nSPS) is 20.4. The number of esters is 1. The lowest BCUT2D eigenvalue weighted by atomic mass is 9.86. The number of anilines is 1. The summed E-state index contributed by atoms with van der Waals surface area (Å²) in [6.07, 6.45) is 4.80. The Morgan fingerprint density at radius 2 is 1.63 bits per heavy atom. The second-order valence-corrected chi connectivity index (χ2v) is 9.04. The highest BCUT2D eigenvalue weighted by Crippen LogP contribution is 2.34. The van der Waals surface area contributed by atoms with Crippen molar-refractivity contribution in [3.63, 3.8) is 0 Å². The molecule has 0 spiro atoms. The van der Waals surface area contributed by atoms with E-state index in [-0.39, 0.29) is 24.2 Å². The fourth-order valence-corrected chi connectivity index (χ4v) is 4.45. The van der Waals surface area contributed by atoms with Gasteiger partial charge in [0.1, 0.15) is 6.04 Å². The number of carbonyl (C=O) groups excluding carboxylic acids is 4. The third-order valence-corrected chi connectivity index (χ3v) is 5.90. The highest BCUT2D eigenvalue weighted by atomic mass is 16.5. The molecule has 3 amide bonds. The lowest BCUT2D eigenvalue weighted by molar-refractivity contribution is -0.148. The lowest BCUT2D eigenvalue weighted by Gasteiger charge is -2.41. The van der Waals surface area contributed by atoms with Crippen molar-refractivity contribution in [3.8, 4) is 0 Å². The Kier molecular flexibility index (Phi) is 6.29. The predicted octanol–water partition coefficient (Wildman–Crippen LogP) is 3.31. The molecule has 1 unspecified atom stereocenters. The summed E-state index contributed by atoms with van der Waals surface area (Å²) in [7, 11) is 1.29. The number of ether oxygens (including phenoxy) is 1. The molecule has 30 heavy (non-hydrogen) atoms. The fraction of sp³-hybridized carbons (Fsp3) is 0.565. The number of rotatable bonds is 4. The smallest absolute Gasteiger partial charge is 0.337 e. The van der Waals surface area contributed by atoms with Crippen LogP contribution in [0.5, 0.6) is 0 Å². The zero-order valence-corrected chi connectivity index (χ0v) is 18.1. The van der Waals surface area contributed by atoms with Crippen molar-refractivity contribution in [3.05, 3.63) is 29.8 Å². The summed E-state index contributed by atoms with van der Waals surface area (Å²) in [5, 5.41) is 0. The molecule has 1 aliphatic carbocycles. The van der Waals surface area contributed by atoms with Crippen LogP contribution in [0.3, 0.4) is 0 Å². The molecule has 7 heteroatoms. The van der Waals surface area contributed by atoms with Gasteiger partial charge in [0.05, 0.1) is 24.8 Å². The average molecular weight is 415 g/mol. The first-order valence-corrected chi connectivity index (χ1v) is 10.5. The van der Waals surface area contributed by atoms with Crippen molar-refractivity contribution in [1.29, 1.82) is 0 Å². The van der Waals surface area contributed by atoms with E-state index in [0.29, 0.717) is 11.3 Å². The molecule has 162 valence electrons. The molecule has 1 heterocycles. The number of imide groups is 1. The Labute approximate surface area is 177 Å². The van der Waals surface area contributed by atoms with E-state index in [1.807, 2.05) is 20.8 Å². The van der Waals surface area contributed by atoms with Crippen LogP contribution in [0.15, 0.2) is 24.3 Å². The molecule has 0 aromatic heterocycles. The van der Waals surface area contributed by atoms with Gasteiger partial charge in [0.25, 0.3) is 5.91 Å².